The van der Waals surface area contributed by atoms with Gasteiger partial charge in [0.2, 0.25) is 5.72 Å². The van der Waals surface area contributed by atoms with E-state index >= 15 is 0 Å². The molecule has 3 aromatic rings. The number of aromatic nitrogens is 1. The predicted molar refractivity (Wildman–Crippen MR) is 130 cm³/mol. The summed E-state index contributed by atoms with van der Waals surface area (Å²) in [5, 5.41) is 0. The summed E-state index contributed by atoms with van der Waals surface area (Å²) in [6, 6.07) is 11.7. The summed E-state index contributed by atoms with van der Waals surface area (Å²) >= 11 is 1.20. The average molecular weight is 510 g/mol. The monoisotopic (exact) mass is 509 g/mol. The van der Waals surface area contributed by atoms with Crippen molar-refractivity contribution in [3.8, 4) is 17.2 Å². The number of rotatable bonds is 6. The molecule has 2 aliphatic heterocycles. The van der Waals surface area contributed by atoms with Crippen molar-refractivity contribution in [1.82, 2.24) is 4.57 Å². The maximum atomic E-state index is 13.7. The van der Waals surface area contributed by atoms with Gasteiger partial charge >= 0.3 is 5.97 Å². The summed E-state index contributed by atoms with van der Waals surface area (Å²) in [6.07, 6.45) is 1.71. The van der Waals surface area contributed by atoms with Gasteiger partial charge in [-0.25, -0.2) is 4.99 Å². The number of nitrogens with zero attached hydrogens (tertiary/aromatic N) is 2. The SMILES string of the molecule is COC(=O)C1C2c3ccccc3OC1(C)N=c1sc(=Cc3ccc(OCC(N)=O)c(OC)c3)c(=O)n12. The molecule has 3 atom stereocenters. The van der Waals surface area contributed by atoms with Crippen LogP contribution in [0, 0.1) is 5.92 Å². The van der Waals surface area contributed by atoms with Gasteiger partial charge in [0.15, 0.2) is 22.9 Å². The number of fused-ring (bicyclic) bond motifs is 6. The van der Waals surface area contributed by atoms with Crippen LogP contribution in [0.15, 0.2) is 52.3 Å². The lowest BCUT2D eigenvalue weighted by Gasteiger charge is -2.44. The Balaban J connectivity index is 1.65. The summed E-state index contributed by atoms with van der Waals surface area (Å²) in [5.74, 6) is -0.657. The minimum absolute atomic E-state index is 0.287. The molecule has 3 heterocycles. The van der Waals surface area contributed by atoms with E-state index in [1.54, 1.807) is 41.8 Å². The first kappa shape index (κ1) is 23.6. The molecule has 1 aromatic heterocycles. The van der Waals surface area contributed by atoms with Crippen molar-refractivity contribution in [2.75, 3.05) is 20.8 Å². The first-order valence-corrected chi connectivity index (χ1v) is 11.8. The van der Waals surface area contributed by atoms with Crippen molar-refractivity contribution in [3.05, 3.63) is 73.3 Å². The van der Waals surface area contributed by atoms with E-state index in [2.05, 4.69) is 0 Å². The van der Waals surface area contributed by atoms with E-state index in [0.717, 1.165) is 0 Å². The Hall–Kier alpha value is -4.12. The molecule has 2 aliphatic rings. The van der Waals surface area contributed by atoms with Crippen LogP contribution in [0.5, 0.6) is 17.2 Å². The second-order valence-electron chi connectivity index (χ2n) is 8.49. The van der Waals surface area contributed by atoms with Gasteiger partial charge in [-0.3, -0.25) is 19.0 Å². The third-order valence-electron chi connectivity index (χ3n) is 6.19. The topological polar surface area (TPSA) is 131 Å². The number of benzene rings is 2. The average Bonchev–Trinajstić information content (AvgIpc) is 3.15. The molecule has 0 saturated carbocycles. The zero-order valence-electron chi connectivity index (χ0n) is 19.7. The van der Waals surface area contributed by atoms with Crippen LogP contribution in [0.3, 0.4) is 0 Å². The first-order chi connectivity index (χ1) is 17.3. The van der Waals surface area contributed by atoms with Crippen molar-refractivity contribution in [2.45, 2.75) is 18.7 Å². The molecule has 0 radical (unpaired) electrons. The zero-order valence-corrected chi connectivity index (χ0v) is 20.5. The molecule has 10 nitrogen and oxygen atoms in total. The van der Waals surface area contributed by atoms with Crippen molar-refractivity contribution in [1.29, 1.82) is 0 Å². The van der Waals surface area contributed by atoms with Gasteiger partial charge in [0.25, 0.3) is 11.5 Å². The molecule has 11 heteroatoms. The summed E-state index contributed by atoms with van der Waals surface area (Å²) < 4.78 is 24.0. The smallest absolute Gasteiger partial charge is 0.317 e. The zero-order chi connectivity index (χ0) is 25.6. The molecule has 0 aliphatic carbocycles. The fourth-order valence-corrected chi connectivity index (χ4v) is 5.72. The number of ether oxygens (including phenoxy) is 4. The number of methoxy groups -OCH3 is 2. The van der Waals surface area contributed by atoms with Crippen LogP contribution >= 0.6 is 11.3 Å². The fraction of sp³-hybridized carbons (Fsp3) is 0.280. The van der Waals surface area contributed by atoms with Gasteiger partial charge in [-0.1, -0.05) is 35.6 Å². The van der Waals surface area contributed by atoms with Gasteiger partial charge in [0.1, 0.15) is 11.7 Å². The first-order valence-electron chi connectivity index (χ1n) is 11.0. The highest BCUT2D eigenvalue weighted by atomic mass is 32.1. The normalized spacial score (nSPS) is 21.9. The minimum atomic E-state index is -1.23. The second-order valence-corrected chi connectivity index (χ2v) is 9.49. The van der Waals surface area contributed by atoms with Crippen molar-refractivity contribution >= 4 is 29.3 Å². The lowest BCUT2D eigenvalue weighted by Crippen LogP contribution is -2.58. The van der Waals surface area contributed by atoms with Crippen LogP contribution < -0.4 is 34.8 Å². The van der Waals surface area contributed by atoms with Gasteiger partial charge in [-0.2, -0.15) is 0 Å². The summed E-state index contributed by atoms with van der Waals surface area (Å²) in [5.41, 5.74) is 5.01. The highest BCUT2D eigenvalue weighted by Crippen LogP contribution is 2.47. The highest BCUT2D eigenvalue weighted by molar-refractivity contribution is 7.07. The van der Waals surface area contributed by atoms with E-state index in [1.165, 1.54) is 25.6 Å². The molecule has 2 N–H and O–H groups in total. The quantitative estimate of drug-likeness (QED) is 0.485. The number of para-hydroxylation sites is 1. The predicted octanol–water partition coefficient (Wildman–Crippen LogP) is 0.732. The lowest BCUT2D eigenvalue weighted by atomic mass is 9.81. The molecular weight excluding hydrogens is 486 g/mol. The second kappa shape index (κ2) is 8.83. The van der Waals surface area contributed by atoms with Crippen LogP contribution in [0.2, 0.25) is 0 Å². The van der Waals surface area contributed by atoms with Gasteiger partial charge < -0.3 is 24.7 Å². The number of nitrogens with two attached hydrogens (primary N) is 1. The van der Waals surface area contributed by atoms with Crippen LogP contribution in [-0.2, 0) is 14.3 Å². The fourth-order valence-electron chi connectivity index (χ4n) is 4.62. The van der Waals surface area contributed by atoms with Crippen LogP contribution in [-0.4, -0.2) is 43.0 Å². The molecular formula is C25H23N3O7S. The molecule has 0 fully saturated rings. The van der Waals surface area contributed by atoms with E-state index in [1.807, 2.05) is 18.2 Å². The minimum Gasteiger partial charge on any atom is -0.493 e. The summed E-state index contributed by atoms with van der Waals surface area (Å²) in [4.78, 5) is 42.7. The van der Waals surface area contributed by atoms with Crippen LogP contribution in [0.25, 0.3) is 6.08 Å². The van der Waals surface area contributed by atoms with Gasteiger partial charge in [-0.05, 0) is 36.8 Å². The molecule has 186 valence electrons. The molecule has 2 bridgehead atoms. The van der Waals surface area contributed by atoms with Crippen LogP contribution in [0.4, 0.5) is 0 Å². The summed E-state index contributed by atoms with van der Waals surface area (Å²) in [7, 11) is 2.78. The van der Waals surface area contributed by atoms with E-state index in [9.17, 15) is 14.4 Å². The van der Waals surface area contributed by atoms with Crippen LogP contribution in [0.1, 0.15) is 24.1 Å². The van der Waals surface area contributed by atoms with Crippen molar-refractivity contribution < 1.29 is 28.5 Å². The number of amides is 1. The van der Waals surface area contributed by atoms with Gasteiger partial charge in [0, 0.05) is 5.56 Å². The Morgan fingerprint density at radius 1 is 1.22 bits per heavy atom. The number of primary amides is 1. The Bertz CT molecular complexity index is 1560. The Morgan fingerprint density at radius 3 is 2.72 bits per heavy atom. The lowest BCUT2D eigenvalue weighted by molar-refractivity contribution is -0.158. The molecule has 0 saturated heterocycles. The van der Waals surface area contributed by atoms with Crippen molar-refractivity contribution in [3.63, 3.8) is 0 Å². The Labute approximate surface area is 209 Å². The van der Waals surface area contributed by atoms with E-state index in [0.29, 0.717) is 37.7 Å². The number of hydrogen-bond acceptors (Lipinski definition) is 9. The maximum absolute atomic E-state index is 13.7. The number of hydrogen-bond donors (Lipinski definition) is 1. The maximum Gasteiger partial charge on any atom is 0.317 e. The Morgan fingerprint density at radius 2 is 2.00 bits per heavy atom. The number of thiazole rings is 1. The molecule has 5 rings (SSSR count). The highest BCUT2D eigenvalue weighted by Gasteiger charge is 2.55. The molecule has 1 amide bonds. The standard InChI is InChI=1S/C25H23N3O7S/c1-25-20(23(31)33-3)21(14-6-4-5-7-15(14)35-25)28-22(30)18(36-24(28)27-25)11-13-8-9-16(17(10-13)32-2)34-12-19(26)29/h4-11,20-21H,12H2,1-3H3,(H2,26,29). The third-order valence-corrected chi connectivity index (χ3v) is 7.17. The molecule has 3 unspecified atom stereocenters. The molecule has 0 spiro atoms. The number of carbonyl (C=O) groups is 2. The number of carbonyl (C=O) groups excluding carboxylic acids is 2. The molecule has 36 heavy (non-hydrogen) atoms. The van der Waals surface area contributed by atoms with E-state index < -0.39 is 29.6 Å². The number of esters is 1. The third kappa shape index (κ3) is 3.81. The van der Waals surface area contributed by atoms with Crippen molar-refractivity contribution in [2.24, 2.45) is 16.6 Å². The molecule has 2 aromatic carbocycles. The van der Waals surface area contributed by atoms with Gasteiger partial charge in [-0.15, -0.1) is 0 Å². The van der Waals surface area contributed by atoms with Gasteiger partial charge in [0.05, 0.1) is 24.8 Å². The van der Waals surface area contributed by atoms with E-state index in [4.69, 9.17) is 29.7 Å². The summed E-state index contributed by atoms with van der Waals surface area (Å²) in [6.45, 7) is 1.44. The Kier molecular flexibility index (Phi) is 5.79. The largest absolute Gasteiger partial charge is 0.493 e. The van der Waals surface area contributed by atoms with E-state index in [-0.39, 0.29) is 12.2 Å².